The van der Waals surface area contributed by atoms with Crippen LogP contribution < -0.4 is 19.5 Å². The fourth-order valence-corrected chi connectivity index (χ4v) is 4.06. The summed E-state index contributed by atoms with van der Waals surface area (Å²) in [5.74, 6) is 1.19. The average molecular weight is 427 g/mol. The Morgan fingerprint density at radius 3 is 2.68 bits per heavy atom. The van der Waals surface area contributed by atoms with Gasteiger partial charge in [-0.05, 0) is 35.9 Å². The van der Waals surface area contributed by atoms with Crippen molar-refractivity contribution in [1.29, 1.82) is 0 Å². The number of hydrogen-bond acceptors (Lipinski definition) is 6. The number of nitrogens with zero attached hydrogens (tertiary/aromatic N) is 1. The zero-order valence-corrected chi connectivity index (χ0v) is 16.8. The van der Waals surface area contributed by atoms with E-state index in [9.17, 15) is 13.2 Å². The number of rotatable bonds is 7. The second kappa shape index (κ2) is 8.26. The maximum Gasteiger partial charge on any atom is 0.243 e. The minimum absolute atomic E-state index is 0.0237. The zero-order chi connectivity index (χ0) is 20.3. The van der Waals surface area contributed by atoms with Gasteiger partial charge in [-0.2, -0.15) is 4.31 Å². The van der Waals surface area contributed by atoms with Crippen molar-refractivity contribution in [2.75, 3.05) is 27.5 Å². The molecule has 10 heteroatoms. The third kappa shape index (κ3) is 4.32. The Balaban J connectivity index is 1.60. The highest BCUT2D eigenvalue weighted by atomic mass is 35.5. The normalized spacial score (nSPS) is 12.9. The van der Waals surface area contributed by atoms with Crippen molar-refractivity contribution < 1.29 is 27.4 Å². The quantitative estimate of drug-likeness (QED) is 0.727. The number of sulfonamides is 1. The SMILES string of the molecule is COc1ccc(S(=O)(=O)N(C)CC(=O)NCc2ccc3c(c2)OCO3)cc1Cl. The Kier molecular flexibility index (Phi) is 5.97. The van der Waals surface area contributed by atoms with Gasteiger partial charge in [0.1, 0.15) is 5.75 Å². The molecule has 3 rings (SSSR count). The molecule has 1 heterocycles. The van der Waals surface area contributed by atoms with Gasteiger partial charge in [0.2, 0.25) is 22.7 Å². The van der Waals surface area contributed by atoms with Crippen molar-refractivity contribution in [2.24, 2.45) is 0 Å². The molecule has 1 amide bonds. The molecular formula is C18H19ClN2O6S. The lowest BCUT2D eigenvalue weighted by Crippen LogP contribution is -2.38. The number of carbonyl (C=O) groups excluding carboxylic acids is 1. The Hall–Kier alpha value is -2.49. The first-order valence-corrected chi connectivity index (χ1v) is 10.1. The molecule has 8 nitrogen and oxygen atoms in total. The molecule has 1 N–H and O–H groups in total. The smallest absolute Gasteiger partial charge is 0.243 e. The predicted octanol–water partition coefficient (Wildman–Crippen LogP) is 2.01. The fourth-order valence-electron chi connectivity index (χ4n) is 2.58. The van der Waals surface area contributed by atoms with E-state index in [-0.39, 0.29) is 29.8 Å². The molecule has 0 unspecified atom stereocenters. The Morgan fingerprint density at radius 2 is 1.96 bits per heavy atom. The topological polar surface area (TPSA) is 94.2 Å². The summed E-state index contributed by atoms with van der Waals surface area (Å²) < 4.78 is 41.8. The molecule has 2 aromatic rings. The van der Waals surface area contributed by atoms with Crippen LogP contribution in [0, 0.1) is 0 Å². The summed E-state index contributed by atoms with van der Waals surface area (Å²) in [4.78, 5) is 12.2. The van der Waals surface area contributed by atoms with Crippen LogP contribution in [0.1, 0.15) is 5.56 Å². The zero-order valence-electron chi connectivity index (χ0n) is 15.3. The molecule has 0 aliphatic carbocycles. The molecule has 1 aliphatic heterocycles. The van der Waals surface area contributed by atoms with Crippen LogP contribution in [0.2, 0.25) is 5.02 Å². The van der Waals surface area contributed by atoms with Gasteiger partial charge in [-0.1, -0.05) is 17.7 Å². The van der Waals surface area contributed by atoms with E-state index in [0.717, 1.165) is 9.87 Å². The van der Waals surface area contributed by atoms with E-state index in [0.29, 0.717) is 17.2 Å². The maximum absolute atomic E-state index is 12.6. The van der Waals surface area contributed by atoms with Crippen molar-refractivity contribution in [3.63, 3.8) is 0 Å². The van der Waals surface area contributed by atoms with Crippen molar-refractivity contribution >= 4 is 27.5 Å². The Bertz CT molecular complexity index is 996. The number of benzene rings is 2. The molecule has 0 radical (unpaired) electrons. The largest absolute Gasteiger partial charge is 0.495 e. The van der Waals surface area contributed by atoms with E-state index in [1.54, 1.807) is 18.2 Å². The van der Waals surface area contributed by atoms with Gasteiger partial charge >= 0.3 is 0 Å². The van der Waals surface area contributed by atoms with Crippen LogP contribution in [0.25, 0.3) is 0 Å². The number of likely N-dealkylation sites (N-methyl/N-ethyl adjacent to an activating group) is 1. The number of methoxy groups -OCH3 is 1. The molecule has 0 atom stereocenters. The third-order valence-corrected chi connectivity index (χ3v) is 6.22. The molecule has 0 aromatic heterocycles. The first-order chi connectivity index (χ1) is 13.3. The number of halogens is 1. The number of fused-ring (bicyclic) bond motifs is 1. The van der Waals surface area contributed by atoms with Crippen LogP contribution >= 0.6 is 11.6 Å². The van der Waals surface area contributed by atoms with Crippen molar-refractivity contribution in [3.05, 3.63) is 47.0 Å². The molecule has 0 spiro atoms. The third-order valence-electron chi connectivity index (χ3n) is 4.12. The summed E-state index contributed by atoms with van der Waals surface area (Å²) in [5.41, 5.74) is 0.810. The van der Waals surface area contributed by atoms with Gasteiger partial charge in [-0.3, -0.25) is 4.79 Å². The monoisotopic (exact) mass is 426 g/mol. The van der Waals surface area contributed by atoms with Crippen LogP contribution in [0.4, 0.5) is 0 Å². The highest BCUT2D eigenvalue weighted by Gasteiger charge is 2.24. The number of amides is 1. The lowest BCUT2D eigenvalue weighted by Gasteiger charge is -2.17. The Morgan fingerprint density at radius 1 is 1.21 bits per heavy atom. The van der Waals surface area contributed by atoms with E-state index < -0.39 is 15.9 Å². The van der Waals surface area contributed by atoms with Crippen LogP contribution in [0.3, 0.4) is 0 Å². The number of nitrogens with one attached hydrogen (secondary N) is 1. The lowest BCUT2D eigenvalue weighted by molar-refractivity contribution is -0.121. The minimum Gasteiger partial charge on any atom is -0.495 e. The Labute approximate surface area is 168 Å². The van der Waals surface area contributed by atoms with Gasteiger partial charge in [-0.25, -0.2) is 8.42 Å². The predicted molar refractivity (Wildman–Crippen MR) is 102 cm³/mol. The van der Waals surface area contributed by atoms with Crippen molar-refractivity contribution in [3.8, 4) is 17.2 Å². The highest BCUT2D eigenvalue weighted by Crippen LogP contribution is 2.32. The van der Waals surface area contributed by atoms with E-state index in [2.05, 4.69) is 5.32 Å². The van der Waals surface area contributed by atoms with Crippen LogP contribution in [0.5, 0.6) is 17.2 Å². The van der Waals surface area contributed by atoms with E-state index in [1.807, 2.05) is 0 Å². The average Bonchev–Trinajstić information content (AvgIpc) is 3.14. The second-order valence-corrected chi connectivity index (χ2v) is 8.47. The van der Waals surface area contributed by atoms with Gasteiger partial charge in [0.15, 0.2) is 11.5 Å². The van der Waals surface area contributed by atoms with Crippen LogP contribution in [0.15, 0.2) is 41.3 Å². The molecule has 150 valence electrons. The molecule has 0 fully saturated rings. The van der Waals surface area contributed by atoms with E-state index in [1.165, 1.54) is 32.4 Å². The molecular weight excluding hydrogens is 408 g/mol. The van der Waals surface area contributed by atoms with Gasteiger partial charge in [-0.15, -0.1) is 0 Å². The molecule has 1 aliphatic rings. The summed E-state index contributed by atoms with van der Waals surface area (Å²) in [6, 6.07) is 9.45. The summed E-state index contributed by atoms with van der Waals surface area (Å²) in [5, 5.41) is 2.86. The van der Waals surface area contributed by atoms with Gasteiger partial charge < -0.3 is 19.5 Å². The molecule has 28 heavy (non-hydrogen) atoms. The van der Waals surface area contributed by atoms with Crippen molar-refractivity contribution in [2.45, 2.75) is 11.4 Å². The van der Waals surface area contributed by atoms with Crippen molar-refractivity contribution in [1.82, 2.24) is 9.62 Å². The number of carbonyl (C=O) groups is 1. The van der Waals surface area contributed by atoms with Gasteiger partial charge in [0, 0.05) is 13.6 Å². The molecule has 0 saturated carbocycles. The summed E-state index contributed by atoms with van der Waals surface area (Å²) in [6.45, 7) is 0.0669. The highest BCUT2D eigenvalue weighted by molar-refractivity contribution is 7.89. The molecule has 0 saturated heterocycles. The van der Waals surface area contributed by atoms with E-state index in [4.69, 9.17) is 25.8 Å². The first-order valence-electron chi connectivity index (χ1n) is 8.26. The summed E-state index contributed by atoms with van der Waals surface area (Å²) in [7, 11) is -1.11. The first kappa shape index (κ1) is 20.2. The fraction of sp³-hybridized carbons (Fsp3) is 0.278. The van der Waals surface area contributed by atoms with Gasteiger partial charge in [0.05, 0.1) is 23.6 Å². The second-order valence-electron chi connectivity index (χ2n) is 6.02. The van der Waals surface area contributed by atoms with Gasteiger partial charge in [0.25, 0.3) is 0 Å². The van der Waals surface area contributed by atoms with Crippen LogP contribution in [-0.4, -0.2) is 46.1 Å². The molecule has 0 bridgehead atoms. The number of hydrogen-bond donors (Lipinski definition) is 1. The lowest BCUT2D eigenvalue weighted by atomic mass is 10.2. The summed E-state index contributed by atoms with van der Waals surface area (Å²) in [6.07, 6.45) is 0. The number of ether oxygens (including phenoxy) is 3. The van der Waals surface area contributed by atoms with E-state index >= 15 is 0 Å². The standard InChI is InChI=1S/C18H19ClN2O6S/c1-21(28(23,24)13-4-6-15(25-2)14(19)8-13)10-18(22)20-9-12-3-5-16-17(7-12)27-11-26-16/h3-8H,9-11H2,1-2H3,(H,20,22). The maximum atomic E-state index is 12.6. The summed E-state index contributed by atoms with van der Waals surface area (Å²) >= 11 is 6.00. The van der Waals surface area contributed by atoms with Crippen LogP contribution in [-0.2, 0) is 21.4 Å². The minimum atomic E-state index is -3.88. The molecule has 2 aromatic carbocycles.